The first kappa shape index (κ1) is 27.9. The van der Waals surface area contributed by atoms with E-state index in [0.717, 1.165) is 18.9 Å². The molecule has 0 unspecified atom stereocenters. The zero-order valence-corrected chi connectivity index (χ0v) is 22.1. The highest BCUT2D eigenvalue weighted by atomic mass is 79.9. The SMILES string of the molecule is CCS(=O)(=O)c1ccc(Cl)cc1CNC(=O)c1cc(Br)c(CN2CCC[C@@H](N)C2)c(C(F)(F)F)c1. The van der Waals surface area contributed by atoms with Gasteiger partial charge in [0.1, 0.15) is 0 Å². The van der Waals surface area contributed by atoms with Crippen molar-refractivity contribution in [2.24, 2.45) is 5.73 Å². The van der Waals surface area contributed by atoms with Crippen molar-refractivity contribution in [2.45, 2.75) is 50.0 Å². The summed E-state index contributed by atoms with van der Waals surface area (Å²) in [5, 5.41) is 2.79. The zero-order valence-electron chi connectivity index (χ0n) is 19.0. The Morgan fingerprint density at radius 2 is 2.00 bits per heavy atom. The normalized spacial score (nSPS) is 17.4. The fourth-order valence-electron chi connectivity index (χ4n) is 4.06. The summed E-state index contributed by atoms with van der Waals surface area (Å²) in [4.78, 5) is 14.7. The van der Waals surface area contributed by atoms with Crippen LogP contribution < -0.4 is 11.1 Å². The van der Waals surface area contributed by atoms with Crippen LogP contribution in [0.4, 0.5) is 13.2 Å². The number of alkyl halides is 3. The molecule has 2 aromatic carbocycles. The molecule has 2 aromatic rings. The van der Waals surface area contributed by atoms with Crippen LogP contribution in [0.25, 0.3) is 0 Å². The predicted octanol–water partition coefficient (Wildman–Crippen LogP) is 4.77. The monoisotopic (exact) mass is 595 g/mol. The molecular weight excluding hydrogens is 571 g/mol. The van der Waals surface area contributed by atoms with E-state index >= 15 is 0 Å². The van der Waals surface area contributed by atoms with Gasteiger partial charge in [-0.1, -0.05) is 34.5 Å². The average Bonchev–Trinajstić information content (AvgIpc) is 2.77. The predicted molar refractivity (Wildman–Crippen MR) is 132 cm³/mol. The molecule has 3 N–H and O–H groups in total. The van der Waals surface area contributed by atoms with E-state index in [2.05, 4.69) is 21.2 Å². The lowest BCUT2D eigenvalue weighted by atomic mass is 10.00. The Bertz CT molecular complexity index is 1210. The molecule has 1 aliphatic heterocycles. The Balaban J connectivity index is 1.87. The molecule has 0 saturated carbocycles. The van der Waals surface area contributed by atoms with Crippen molar-refractivity contribution in [3.05, 3.63) is 62.1 Å². The van der Waals surface area contributed by atoms with E-state index in [1.54, 1.807) is 0 Å². The van der Waals surface area contributed by atoms with Gasteiger partial charge in [-0.05, 0) is 60.8 Å². The molecule has 1 amide bonds. The molecule has 1 fully saturated rings. The molecule has 1 aliphatic rings. The smallest absolute Gasteiger partial charge is 0.348 e. The first-order valence-corrected chi connectivity index (χ1v) is 13.8. The number of nitrogens with two attached hydrogens (primary N) is 1. The topological polar surface area (TPSA) is 92.5 Å². The van der Waals surface area contributed by atoms with Crippen molar-refractivity contribution in [1.29, 1.82) is 0 Å². The average molecular weight is 597 g/mol. The Hall–Kier alpha value is -1.66. The number of likely N-dealkylation sites (tertiary alicyclic amines) is 1. The summed E-state index contributed by atoms with van der Waals surface area (Å²) in [7, 11) is -3.59. The Morgan fingerprint density at radius 1 is 1.29 bits per heavy atom. The molecule has 0 spiro atoms. The van der Waals surface area contributed by atoms with Gasteiger partial charge in [-0.3, -0.25) is 9.69 Å². The number of nitrogens with one attached hydrogen (secondary N) is 1. The summed E-state index contributed by atoms with van der Waals surface area (Å²) < 4.78 is 66.7. The fraction of sp³-hybridized carbons (Fsp3) is 0.435. The lowest BCUT2D eigenvalue weighted by Crippen LogP contribution is -2.42. The van der Waals surface area contributed by atoms with Crippen LogP contribution in [0.1, 0.15) is 46.8 Å². The van der Waals surface area contributed by atoms with Gasteiger partial charge in [-0.25, -0.2) is 8.42 Å². The molecule has 0 aromatic heterocycles. The molecule has 0 radical (unpaired) electrons. The third kappa shape index (κ3) is 6.97. The van der Waals surface area contributed by atoms with E-state index in [4.69, 9.17) is 17.3 Å². The number of carbonyl (C=O) groups excluding carboxylic acids is 1. The quantitative estimate of drug-likeness (QED) is 0.481. The summed E-state index contributed by atoms with van der Waals surface area (Å²) in [6.45, 7) is 2.45. The summed E-state index contributed by atoms with van der Waals surface area (Å²) in [5.41, 5.74) is 5.14. The number of hydrogen-bond acceptors (Lipinski definition) is 5. The van der Waals surface area contributed by atoms with E-state index in [1.807, 2.05) is 4.90 Å². The maximum atomic E-state index is 13.9. The van der Waals surface area contributed by atoms with Gasteiger partial charge in [-0.15, -0.1) is 0 Å². The molecule has 1 saturated heterocycles. The van der Waals surface area contributed by atoms with Crippen LogP contribution in [-0.2, 0) is 29.1 Å². The van der Waals surface area contributed by atoms with Crippen LogP contribution in [-0.4, -0.2) is 44.1 Å². The van der Waals surface area contributed by atoms with Crippen molar-refractivity contribution >= 4 is 43.3 Å². The second-order valence-corrected chi connectivity index (χ2v) is 12.0. The second kappa shape index (κ2) is 11.2. The molecule has 3 rings (SSSR count). The highest BCUT2D eigenvalue weighted by molar-refractivity contribution is 9.10. The summed E-state index contributed by atoms with van der Waals surface area (Å²) in [5.74, 6) is -0.927. The number of hydrogen-bond donors (Lipinski definition) is 2. The van der Waals surface area contributed by atoms with Crippen molar-refractivity contribution in [2.75, 3.05) is 18.8 Å². The van der Waals surface area contributed by atoms with E-state index in [-0.39, 0.29) is 56.0 Å². The van der Waals surface area contributed by atoms with Crippen LogP contribution in [0.5, 0.6) is 0 Å². The maximum Gasteiger partial charge on any atom is 0.416 e. The number of sulfone groups is 1. The summed E-state index contributed by atoms with van der Waals surface area (Å²) >= 11 is 9.21. The van der Waals surface area contributed by atoms with Gasteiger partial charge in [0, 0.05) is 40.7 Å². The Kier molecular flexibility index (Phi) is 8.91. The van der Waals surface area contributed by atoms with Crippen LogP contribution in [0.2, 0.25) is 5.02 Å². The number of benzene rings is 2. The van der Waals surface area contributed by atoms with Crippen LogP contribution in [0, 0.1) is 0 Å². The van der Waals surface area contributed by atoms with Gasteiger partial charge in [0.15, 0.2) is 9.84 Å². The molecule has 12 heteroatoms. The van der Waals surface area contributed by atoms with Crippen molar-refractivity contribution in [1.82, 2.24) is 10.2 Å². The van der Waals surface area contributed by atoms with Crippen LogP contribution in [0.3, 0.4) is 0 Å². The highest BCUT2D eigenvalue weighted by Gasteiger charge is 2.36. The Labute approximate surface area is 216 Å². The molecule has 192 valence electrons. The van der Waals surface area contributed by atoms with E-state index in [0.29, 0.717) is 13.1 Å². The van der Waals surface area contributed by atoms with Crippen molar-refractivity contribution < 1.29 is 26.4 Å². The standard InChI is InChI=1S/C23H26BrClF3N3O3S/c1-2-35(33,34)21-6-5-16(25)8-15(21)11-30-22(32)14-9-19(23(26,27)28)18(20(24)10-14)13-31-7-3-4-17(29)12-31/h5-6,8-10,17H,2-4,7,11-13,29H2,1H3,(H,30,32)/t17-/m1/s1. The van der Waals surface area contributed by atoms with Gasteiger partial charge in [-0.2, -0.15) is 13.2 Å². The number of carbonyl (C=O) groups is 1. The first-order chi connectivity index (χ1) is 16.3. The van der Waals surface area contributed by atoms with Crippen LogP contribution >= 0.6 is 27.5 Å². The molecule has 1 heterocycles. The van der Waals surface area contributed by atoms with Crippen molar-refractivity contribution in [3.63, 3.8) is 0 Å². The minimum Gasteiger partial charge on any atom is -0.348 e. The lowest BCUT2D eigenvalue weighted by Gasteiger charge is -2.31. The van der Waals surface area contributed by atoms with Gasteiger partial charge < -0.3 is 11.1 Å². The molecule has 0 bridgehead atoms. The highest BCUT2D eigenvalue weighted by Crippen LogP contribution is 2.37. The largest absolute Gasteiger partial charge is 0.416 e. The van der Waals surface area contributed by atoms with Gasteiger partial charge >= 0.3 is 6.18 Å². The van der Waals surface area contributed by atoms with Gasteiger partial charge in [0.25, 0.3) is 5.91 Å². The number of amides is 1. The fourth-order valence-corrected chi connectivity index (χ4v) is 5.96. The lowest BCUT2D eigenvalue weighted by molar-refractivity contribution is -0.138. The first-order valence-electron chi connectivity index (χ1n) is 11.0. The minimum atomic E-state index is -4.68. The molecule has 35 heavy (non-hydrogen) atoms. The summed E-state index contributed by atoms with van der Waals surface area (Å²) in [6.07, 6.45) is -3.04. The van der Waals surface area contributed by atoms with E-state index < -0.39 is 27.5 Å². The summed E-state index contributed by atoms with van der Waals surface area (Å²) in [6, 6.07) is 6.26. The van der Waals surface area contributed by atoms with Crippen LogP contribution in [0.15, 0.2) is 39.7 Å². The van der Waals surface area contributed by atoms with E-state index in [9.17, 15) is 26.4 Å². The molecule has 1 atom stereocenters. The molecular formula is C23H26BrClF3N3O3S. The number of halogens is 5. The zero-order chi connectivity index (χ0) is 26.0. The Morgan fingerprint density at radius 3 is 2.63 bits per heavy atom. The van der Waals surface area contributed by atoms with Gasteiger partial charge in [0.2, 0.25) is 0 Å². The third-order valence-corrected chi connectivity index (χ3v) is 8.63. The van der Waals surface area contributed by atoms with Crippen molar-refractivity contribution in [3.8, 4) is 0 Å². The number of nitrogens with zero attached hydrogens (tertiary/aromatic N) is 1. The third-order valence-electron chi connectivity index (χ3n) is 5.86. The molecule has 0 aliphatic carbocycles. The van der Waals surface area contributed by atoms with E-state index in [1.165, 1.54) is 31.2 Å². The number of piperidine rings is 1. The second-order valence-electron chi connectivity index (χ2n) is 8.46. The van der Waals surface area contributed by atoms with Gasteiger partial charge in [0.05, 0.1) is 16.2 Å². The number of rotatable bonds is 7. The molecule has 6 nitrogen and oxygen atoms in total. The maximum absolute atomic E-state index is 13.9. The minimum absolute atomic E-state index is 0.0111.